The highest BCUT2D eigenvalue weighted by Crippen LogP contribution is 2.10. The molecular formula is C7H9NO3S. The van der Waals surface area contributed by atoms with Gasteiger partial charge >= 0.3 is 5.97 Å². The summed E-state index contributed by atoms with van der Waals surface area (Å²) in [7, 11) is 1.58. The van der Waals surface area contributed by atoms with Crippen LogP contribution in [0.1, 0.15) is 10.7 Å². The molecule has 1 N–H and O–H groups in total. The highest BCUT2D eigenvalue weighted by Gasteiger charge is 2.05. The number of nitrogens with zero attached hydrogens (tertiary/aromatic N) is 1. The van der Waals surface area contributed by atoms with Crippen molar-refractivity contribution in [2.75, 3.05) is 7.11 Å². The quantitative estimate of drug-likeness (QED) is 0.761. The molecule has 0 fully saturated rings. The predicted molar refractivity (Wildman–Crippen MR) is 44.2 cm³/mol. The van der Waals surface area contributed by atoms with Crippen molar-refractivity contribution in [2.24, 2.45) is 0 Å². The van der Waals surface area contributed by atoms with Crippen LogP contribution in [0.15, 0.2) is 5.38 Å². The number of aliphatic carboxylic acids is 1. The molecular weight excluding hydrogens is 178 g/mol. The van der Waals surface area contributed by atoms with Crippen LogP contribution in [0.3, 0.4) is 0 Å². The maximum absolute atomic E-state index is 10.3. The van der Waals surface area contributed by atoms with Crippen molar-refractivity contribution < 1.29 is 14.6 Å². The fourth-order valence-corrected chi connectivity index (χ4v) is 1.54. The lowest BCUT2D eigenvalue weighted by Crippen LogP contribution is -1.99. The summed E-state index contributed by atoms with van der Waals surface area (Å²) < 4.78 is 4.84. The monoisotopic (exact) mass is 187 g/mol. The van der Waals surface area contributed by atoms with E-state index in [2.05, 4.69) is 4.98 Å². The number of hydrogen-bond donors (Lipinski definition) is 1. The maximum Gasteiger partial charge on any atom is 0.310 e. The third-order valence-corrected chi connectivity index (χ3v) is 2.09. The number of hydrogen-bond acceptors (Lipinski definition) is 4. The summed E-state index contributed by atoms with van der Waals surface area (Å²) in [5, 5.41) is 10.9. The molecule has 0 atom stereocenters. The molecule has 12 heavy (non-hydrogen) atoms. The van der Waals surface area contributed by atoms with E-state index in [-0.39, 0.29) is 6.42 Å². The second-order valence-corrected chi connectivity index (χ2v) is 3.18. The van der Waals surface area contributed by atoms with Gasteiger partial charge in [0, 0.05) is 12.5 Å². The molecule has 4 nitrogen and oxygen atoms in total. The van der Waals surface area contributed by atoms with Crippen LogP contribution in [0.25, 0.3) is 0 Å². The van der Waals surface area contributed by atoms with Gasteiger partial charge in [0.25, 0.3) is 0 Å². The summed E-state index contributed by atoms with van der Waals surface area (Å²) in [6.45, 7) is 0.441. The van der Waals surface area contributed by atoms with E-state index in [9.17, 15) is 4.79 Å². The van der Waals surface area contributed by atoms with Gasteiger partial charge in [-0.3, -0.25) is 4.79 Å². The van der Waals surface area contributed by atoms with E-state index in [0.29, 0.717) is 11.6 Å². The van der Waals surface area contributed by atoms with Crippen molar-refractivity contribution in [3.63, 3.8) is 0 Å². The third kappa shape index (κ3) is 2.60. The Balaban J connectivity index is 2.58. The Bertz CT molecular complexity index is 271. The number of carboxylic acid groups (broad SMARTS) is 1. The first-order valence-corrected chi connectivity index (χ1v) is 4.24. The van der Waals surface area contributed by atoms with Crippen molar-refractivity contribution >= 4 is 17.3 Å². The molecule has 1 aromatic heterocycles. The van der Waals surface area contributed by atoms with Crippen molar-refractivity contribution in [3.8, 4) is 0 Å². The van der Waals surface area contributed by atoms with Crippen LogP contribution in [0.5, 0.6) is 0 Å². The van der Waals surface area contributed by atoms with Crippen LogP contribution in [0.2, 0.25) is 0 Å². The molecule has 5 heteroatoms. The Labute approximate surface area is 73.8 Å². The topological polar surface area (TPSA) is 59.4 Å². The minimum atomic E-state index is -0.853. The van der Waals surface area contributed by atoms with Crippen molar-refractivity contribution in [3.05, 3.63) is 16.1 Å². The van der Waals surface area contributed by atoms with Gasteiger partial charge in [0.2, 0.25) is 0 Å². The maximum atomic E-state index is 10.3. The Morgan fingerprint density at radius 1 is 1.83 bits per heavy atom. The summed E-state index contributed by atoms with van der Waals surface area (Å²) in [5.41, 5.74) is 0.791. The first kappa shape index (κ1) is 9.15. The van der Waals surface area contributed by atoms with Gasteiger partial charge in [-0.15, -0.1) is 11.3 Å². The van der Waals surface area contributed by atoms with Crippen molar-refractivity contribution in [2.45, 2.75) is 13.0 Å². The lowest BCUT2D eigenvalue weighted by atomic mass is 10.4. The molecule has 0 amide bonds. The molecule has 0 unspecified atom stereocenters. The zero-order valence-electron chi connectivity index (χ0n) is 6.61. The predicted octanol–water partition coefficient (Wildman–Crippen LogP) is 0.917. The van der Waals surface area contributed by atoms with E-state index in [1.165, 1.54) is 11.3 Å². The normalized spacial score (nSPS) is 10.1. The molecule has 0 aliphatic heterocycles. The number of thiazole rings is 1. The van der Waals surface area contributed by atoms with E-state index in [1.807, 2.05) is 5.38 Å². The van der Waals surface area contributed by atoms with E-state index in [1.54, 1.807) is 7.11 Å². The molecule has 0 aliphatic carbocycles. The van der Waals surface area contributed by atoms with E-state index in [4.69, 9.17) is 9.84 Å². The molecule has 0 aromatic carbocycles. The second kappa shape index (κ2) is 4.18. The zero-order chi connectivity index (χ0) is 8.97. The first-order valence-electron chi connectivity index (χ1n) is 3.36. The Morgan fingerprint density at radius 2 is 2.58 bits per heavy atom. The van der Waals surface area contributed by atoms with Gasteiger partial charge in [0.1, 0.15) is 5.01 Å². The van der Waals surface area contributed by atoms with Crippen molar-refractivity contribution in [1.82, 2.24) is 4.98 Å². The number of rotatable bonds is 4. The summed E-state index contributed by atoms with van der Waals surface area (Å²) in [5.74, 6) is -0.853. The number of carbonyl (C=O) groups is 1. The molecule has 0 bridgehead atoms. The van der Waals surface area contributed by atoms with Gasteiger partial charge in [0.15, 0.2) is 0 Å². The van der Waals surface area contributed by atoms with E-state index < -0.39 is 5.97 Å². The largest absolute Gasteiger partial charge is 0.481 e. The van der Waals surface area contributed by atoms with Crippen LogP contribution >= 0.6 is 11.3 Å². The summed E-state index contributed by atoms with van der Waals surface area (Å²) in [6, 6.07) is 0. The molecule has 1 heterocycles. The molecule has 1 rings (SSSR count). The highest BCUT2D eigenvalue weighted by atomic mass is 32.1. The molecule has 0 saturated carbocycles. The molecule has 1 aromatic rings. The molecule has 66 valence electrons. The smallest absolute Gasteiger partial charge is 0.310 e. The molecule has 0 aliphatic rings. The Hall–Kier alpha value is -0.940. The van der Waals surface area contributed by atoms with Crippen LogP contribution in [0.4, 0.5) is 0 Å². The Morgan fingerprint density at radius 3 is 3.17 bits per heavy atom. The fourth-order valence-electron chi connectivity index (χ4n) is 0.774. The van der Waals surface area contributed by atoms with Gasteiger partial charge in [-0.2, -0.15) is 0 Å². The summed E-state index contributed by atoms with van der Waals surface area (Å²) >= 11 is 1.35. The average Bonchev–Trinajstić information content (AvgIpc) is 2.36. The highest BCUT2D eigenvalue weighted by molar-refractivity contribution is 7.09. The van der Waals surface area contributed by atoms with Gasteiger partial charge in [-0.1, -0.05) is 0 Å². The zero-order valence-corrected chi connectivity index (χ0v) is 7.43. The summed E-state index contributed by atoms with van der Waals surface area (Å²) in [4.78, 5) is 14.3. The minimum Gasteiger partial charge on any atom is -0.481 e. The molecule has 0 spiro atoms. The number of ether oxygens (including phenoxy) is 1. The van der Waals surface area contributed by atoms with Crippen LogP contribution < -0.4 is 0 Å². The van der Waals surface area contributed by atoms with Crippen LogP contribution in [0, 0.1) is 0 Å². The van der Waals surface area contributed by atoms with Gasteiger partial charge in [0.05, 0.1) is 18.7 Å². The molecule has 0 saturated heterocycles. The van der Waals surface area contributed by atoms with Crippen molar-refractivity contribution in [1.29, 1.82) is 0 Å². The first-order chi connectivity index (χ1) is 5.72. The SMILES string of the molecule is COCc1csc(CC(=O)O)n1. The van der Waals surface area contributed by atoms with Crippen LogP contribution in [-0.2, 0) is 22.6 Å². The fraction of sp³-hybridized carbons (Fsp3) is 0.429. The van der Waals surface area contributed by atoms with Gasteiger partial charge < -0.3 is 9.84 Å². The Kier molecular flexibility index (Phi) is 3.19. The standard InChI is InChI=1S/C7H9NO3S/c1-11-3-5-4-12-6(8-5)2-7(9)10/h4H,2-3H2,1H3,(H,9,10). The molecule has 0 radical (unpaired) electrons. The number of carboxylic acids is 1. The van der Waals surface area contributed by atoms with E-state index >= 15 is 0 Å². The summed E-state index contributed by atoms with van der Waals surface area (Å²) in [6.07, 6.45) is -0.00557. The van der Waals surface area contributed by atoms with Crippen LogP contribution in [-0.4, -0.2) is 23.2 Å². The van der Waals surface area contributed by atoms with E-state index in [0.717, 1.165) is 5.69 Å². The lowest BCUT2D eigenvalue weighted by molar-refractivity contribution is -0.136. The van der Waals surface area contributed by atoms with Gasteiger partial charge in [-0.25, -0.2) is 4.98 Å². The third-order valence-electron chi connectivity index (χ3n) is 1.19. The second-order valence-electron chi connectivity index (χ2n) is 2.24. The average molecular weight is 187 g/mol. The lowest BCUT2D eigenvalue weighted by Gasteiger charge is -1.90. The van der Waals surface area contributed by atoms with Gasteiger partial charge in [-0.05, 0) is 0 Å². The minimum absolute atomic E-state index is 0.00557. The number of methoxy groups -OCH3 is 1. The number of aromatic nitrogens is 1.